The Morgan fingerprint density at radius 3 is 2.82 bits per heavy atom. The molecular formula is C18H24ClN4O3S2-. The van der Waals surface area contributed by atoms with Gasteiger partial charge in [-0.1, -0.05) is 32.4 Å². The minimum atomic E-state index is -2.15. The average molecular weight is 444 g/mol. The molecule has 7 nitrogen and oxygen atoms in total. The SMILES string of the molecule is CC(C)(C)C(=O)n1nc(C2CCCN2CS(=O)[O-])cc1NCc1ccc(Cl)s1. The molecule has 2 aromatic rings. The molecule has 0 aromatic carbocycles. The van der Waals surface area contributed by atoms with Gasteiger partial charge in [-0.2, -0.15) is 9.78 Å². The quantitative estimate of drug-likeness (QED) is 0.681. The Kier molecular flexibility index (Phi) is 6.61. The van der Waals surface area contributed by atoms with Crippen molar-refractivity contribution in [1.29, 1.82) is 0 Å². The number of anilines is 1. The van der Waals surface area contributed by atoms with E-state index < -0.39 is 16.5 Å². The number of nitrogens with one attached hydrogen (secondary N) is 1. The van der Waals surface area contributed by atoms with Crippen LogP contribution < -0.4 is 5.32 Å². The molecule has 2 unspecified atom stereocenters. The molecule has 1 aliphatic rings. The van der Waals surface area contributed by atoms with Gasteiger partial charge in [0.25, 0.3) is 5.91 Å². The van der Waals surface area contributed by atoms with Gasteiger partial charge >= 0.3 is 0 Å². The summed E-state index contributed by atoms with van der Waals surface area (Å²) < 4.78 is 24.4. The first kappa shape index (κ1) is 21.4. The van der Waals surface area contributed by atoms with E-state index in [9.17, 15) is 13.6 Å². The minimum absolute atomic E-state index is 0.0266. The zero-order chi connectivity index (χ0) is 20.5. The highest BCUT2D eigenvalue weighted by Gasteiger charge is 2.32. The van der Waals surface area contributed by atoms with E-state index in [0.29, 0.717) is 28.9 Å². The fourth-order valence-corrected chi connectivity index (χ4v) is 4.84. The van der Waals surface area contributed by atoms with Gasteiger partial charge in [-0.3, -0.25) is 13.9 Å². The van der Waals surface area contributed by atoms with Crippen molar-refractivity contribution < 1.29 is 13.6 Å². The van der Waals surface area contributed by atoms with Crippen LogP contribution in [0.3, 0.4) is 0 Å². The molecule has 0 aliphatic carbocycles. The maximum Gasteiger partial charge on any atom is 0.254 e. The molecule has 2 aromatic heterocycles. The molecule has 0 radical (unpaired) electrons. The normalized spacial score (nSPS) is 19.1. The average Bonchev–Trinajstić information content (AvgIpc) is 3.30. The topological polar surface area (TPSA) is 90.3 Å². The number of aromatic nitrogens is 2. The summed E-state index contributed by atoms with van der Waals surface area (Å²) in [7, 11) is 0. The fraction of sp³-hybridized carbons (Fsp3) is 0.556. The molecule has 2 atom stereocenters. The Balaban J connectivity index is 1.88. The van der Waals surface area contributed by atoms with Crippen LogP contribution in [0.4, 0.5) is 5.82 Å². The highest BCUT2D eigenvalue weighted by atomic mass is 35.5. The molecule has 28 heavy (non-hydrogen) atoms. The molecule has 1 aliphatic heterocycles. The van der Waals surface area contributed by atoms with Crippen LogP contribution >= 0.6 is 22.9 Å². The highest BCUT2D eigenvalue weighted by molar-refractivity contribution is 7.79. The smallest absolute Gasteiger partial charge is 0.254 e. The number of thiophene rings is 1. The second kappa shape index (κ2) is 8.62. The number of carbonyl (C=O) groups is 1. The first-order valence-corrected chi connectivity index (χ1v) is 11.5. The zero-order valence-electron chi connectivity index (χ0n) is 16.1. The summed E-state index contributed by atoms with van der Waals surface area (Å²) in [5.41, 5.74) is 0.116. The molecule has 0 amide bonds. The monoisotopic (exact) mass is 443 g/mol. The van der Waals surface area contributed by atoms with E-state index in [2.05, 4.69) is 10.4 Å². The van der Waals surface area contributed by atoms with E-state index in [1.165, 1.54) is 16.0 Å². The van der Waals surface area contributed by atoms with Gasteiger partial charge in [0.1, 0.15) is 5.82 Å². The minimum Gasteiger partial charge on any atom is -0.771 e. The van der Waals surface area contributed by atoms with Gasteiger partial charge in [0.15, 0.2) is 0 Å². The van der Waals surface area contributed by atoms with Crippen LogP contribution in [0.15, 0.2) is 18.2 Å². The van der Waals surface area contributed by atoms with Crippen molar-refractivity contribution in [2.45, 2.75) is 46.2 Å². The van der Waals surface area contributed by atoms with Crippen molar-refractivity contribution in [3.63, 3.8) is 0 Å². The van der Waals surface area contributed by atoms with Crippen molar-refractivity contribution in [3.8, 4) is 0 Å². The van der Waals surface area contributed by atoms with E-state index in [0.717, 1.165) is 17.7 Å². The second-order valence-corrected chi connectivity index (χ2v) is 10.5. The predicted molar refractivity (Wildman–Crippen MR) is 111 cm³/mol. The van der Waals surface area contributed by atoms with Crippen LogP contribution in [0.5, 0.6) is 0 Å². The molecule has 1 fully saturated rings. The van der Waals surface area contributed by atoms with Crippen LogP contribution in [-0.2, 0) is 17.6 Å². The highest BCUT2D eigenvalue weighted by Crippen LogP contribution is 2.33. The van der Waals surface area contributed by atoms with Crippen molar-refractivity contribution in [2.75, 3.05) is 17.7 Å². The lowest BCUT2D eigenvalue weighted by Crippen LogP contribution is -2.30. The second-order valence-electron chi connectivity index (χ2n) is 7.88. The lowest BCUT2D eigenvalue weighted by Gasteiger charge is -2.23. The van der Waals surface area contributed by atoms with Gasteiger partial charge in [0.2, 0.25) is 0 Å². The predicted octanol–water partition coefficient (Wildman–Crippen LogP) is 3.87. The molecule has 0 saturated carbocycles. The first-order valence-electron chi connectivity index (χ1n) is 9.08. The number of halogens is 1. The van der Waals surface area contributed by atoms with Crippen molar-refractivity contribution in [3.05, 3.63) is 33.1 Å². The van der Waals surface area contributed by atoms with Gasteiger partial charge < -0.3 is 9.87 Å². The van der Waals surface area contributed by atoms with Crippen LogP contribution in [0.1, 0.15) is 55.0 Å². The number of nitrogens with zero attached hydrogens (tertiary/aromatic N) is 3. The molecule has 3 heterocycles. The van der Waals surface area contributed by atoms with Crippen LogP contribution in [0.2, 0.25) is 4.34 Å². The van der Waals surface area contributed by atoms with Gasteiger partial charge in [-0.25, -0.2) is 0 Å². The lowest BCUT2D eigenvalue weighted by atomic mass is 9.96. The largest absolute Gasteiger partial charge is 0.771 e. The Hall–Kier alpha value is -1.26. The molecule has 3 rings (SSSR count). The number of carbonyl (C=O) groups excluding carboxylic acids is 1. The molecule has 0 bridgehead atoms. The Morgan fingerprint density at radius 1 is 1.46 bits per heavy atom. The summed E-state index contributed by atoms with van der Waals surface area (Å²) in [6.07, 6.45) is 1.72. The number of likely N-dealkylation sites (tertiary alicyclic amines) is 1. The Morgan fingerprint density at radius 2 is 2.21 bits per heavy atom. The van der Waals surface area contributed by atoms with Gasteiger partial charge in [-0.05, 0) is 42.6 Å². The summed E-state index contributed by atoms with van der Waals surface area (Å²) in [6.45, 7) is 6.78. The van der Waals surface area contributed by atoms with Crippen molar-refractivity contribution >= 4 is 45.7 Å². The number of hydrogen-bond donors (Lipinski definition) is 1. The van der Waals surface area contributed by atoms with E-state index in [1.54, 1.807) is 0 Å². The third-order valence-electron chi connectivity index (χ3n) is 4.61. The standard InChI is InChI=1S/C18H25ClN4O3S2/c1-18(2,3)17(24)23-16(20-10-12-6-7-15(19)27-12)9-13(21-23)14-5-4-8-22(14)11-28(25)26/h6-7,9,14,20H,4-5,8,10-11H2,1-3H3,(H,25,26)/p-1. The van der Waals surface area contributed by atoms with Crippen molar-refractivity contribution in [1.82, 2.24) is 14.7 Å². The fourth-order valence-electron chi connectivity index (χ4n) is 3.24. The molecule has 154 valence electrons. The van der Waals surface area contributed by atoms with Crippen molar-refractivity contribution in [2.24, 2.45) is 5.41 Å². The summed E-state index contributed by atoms with van der Waals surface area (Å²) in [5, 5.41) is 7.86. The molecule has 1 N–H and O–H groups in total. The third kappa shape index (κ3) is 5.01. The lowest BCUT2D eigenvalue weighted by molar-refractivity contribution is 0.0750. The van der Waals surface area contributed by atoms with Crippen LogP contribution in [0, 0.1) is 5.41 Å². The van der Waals surface area contributed by atoms with E-state index in [-0.39, 0.29) is 17.8 Å². The molecule has 0 spiro atoms. The molecule has 1 saturated heterocycles. The Labute approximate surface area is 176 Å². The van der Waals surface area contributed by atoms with Crippen LogP contribution in [-0.4, -0.2) is 41.8 Å². The zero-order valence-corrected chi connectivity index (χ0v) is 18.5. The number of hydrogen-bond acceptors (Lipinski definition) is 7. The van der Waals surface area contributed by atoms with Gasteiger partial charge in [0, 0.05) is 16.4 Å². The molecule has 10 heteroatoms. The van der Waals surface area contributed by atoms with E-state index in [1.807, 2.05) is 43.9 Å². The summed E-state index contributed by atoms with van der Waals surface area (Å²) >= 11 is 5.32. The van der Waals surface area contributed by atoms with E-state index >= 15 is 0 Å². The Bertz CT molecular complexity index is 875. The molecular weight excluding hydrogens is 420 g/mol. The van der Waals surface area contributed by atoms with E-state index in [4.69, 9.17) is 11.6 Å². The maximum absolute atomic E-state index is 12.9. The maximum atomic E-state index is 12.9. The summed E-state index contributed by atoms with van der Waals surface area (Å²) in [5.74, 6) is 0.457. The first-order chi connectivity index (χ1) is 13.1. The van der Waals surface area contributed by atoms with Gasteiger partial charge in [-0.15, -0.1) is 11.3 Å². The van der Waals surface area contributed by atoms with Gasteiger partial charge in [0.05, 0.1) is 28.5 Å². The third-order valence-corrected chi connectivity index (χ3v) is 6.38. The number of rotatable bonds is 6. The summed E-state index contributed by atoms with van der Waals surface area (Å²) in [4.78, 5) is 15.9. The summed E-state index contributed by atoms with van der Waals surface area (Å²) in [6, 6.07) is 5.53. The van der Waals surface area contributed by atoms with Crippen LogP contribution in [0.25, 0.3) is 0 Å².